The molecule has 4 heteroatoms. The van der Waals surface area contributed by atoms with Gasteiger partial charge in [0.15, 0.2) is 0 Å². The molecule has 0 aliphatic rings. The molecular formula is C14H18N2O2. The summed E-state index contributed by atoms with van der Waals surface area (Å²) in [6.45, 7) is 2.67. The number of amides is 1. The number of carbonyl (C=O) groups is 1. The lowest BCUT2D eigenvalue weighted by Crippen LogP contribution is -2.41. The Kier molecular flexibility index (Phi) is 5.92. The van der Waals surface area contributed by atoms with Gasteiger partial charge >= 0.3 is 0 Å². The number of carbonyl (C=O) groups excluding carboxylic acids is 1. The van der Waals surface area contributed by atoms with Crippen molar-refractivity contribution in [2.75, 3.05) is 6.54 Å². The van der Waals surface area contributed by atoms with Gasteiger partial charge in [-0.25, -0.2) is 0 Å². The molecule has 0 aliphatic carbocycles. The average molecular weight is 246 g/mol. The minimum absolute atomic E-state index is 0.0403. The molecule has 0 bridgehead atoms. The van der Waals surface area contributed by atoms with Crippen molar-refractivity contribution in [3.05, 3.63) is 35.4 Å². The topological polar surface area (TPSA) is 61.4 Å². The Balaban J connectivity index is 2.39. The molecule has 1 atom stereocenters. The highest BCUT2D eigenvalue weighted by atomic mass is 16.3. The van der Waals surface area contributed by atoms with Gasteiger partial charge in [-0.05, 0) is 18.1 Å². The molecule has 96 valence electrons. The lowest BCUT2D eigenvalue weighted by atomic mass is 10.1. The van der Waals surface area contributed by atoms with E-state index < -0.39 is 0 Å². The van der Waals surface area contributed by atoms with Crippen molar-refractivity contribution in [2.45, 2.75) is 26.1 Å². The Hall–Kier alpha value is -1.83. The van der Waals surface area contributed by atoms with Gasteiger partial charge in [0.05, 0.1) is 19.2 Å². The highest BCUT2D eigenvalue weighted by Crippen LogP contribution is 2.04. The predicted molar refractivity (Wildman–Crippen MR) is 70.5 cm³/mol. The first kappa shape index (κ1) is 14.2. The quantitative estimate of drug-likeness (QED) is 0.637. The second-order valence-electron chi connectivity index (χ2n) is 4.00. The SMILES string of the molecule is C#CCNC(=O)C(C)NCc1ccc(CO)cc1. The third kappa shape index (κ3) is 4.58. The van der Waals surface area contributed by atoms with Crippen molar-refractivity contribution in [3.63, 3.8) is 0 Å². The number of nitrogens with one attached hydrogen (secondary N) is 2. The van der Waals surface area contributed by atoms with Gasteiger partial charge in [0, 0.05) is 6.54 Å². The molecule has 1 amide bonds. The summed E-state index contributed by atoms with van der Waals surface area (Å²) in [7, 11) is 0. The summed E-state index contributed by atoms with van der Waals surface area (Å²) in [5.74, 6) is 2.25. The van der Waals surface area contributed by atoms with Crippen LogP contribution in [-0.2, 0) is 17.9 Å². The number of aliphatic hydroxyl groups is 1. The van der Waals surface area contributed by atoms with Crippen LogP contribution in [0.1, 0.15) is 18.1 Å². The van der Waals surface area contributed by atoms with Gasteiger partial charge in [0.25, 0.3) is 0 Å². The maximum absolute atomic E-state index is 11.5. The van der Waals surface area contributed by atoms with Crippen molar-refractivity contribution < 1.29 is 9.90 Å². The number of aliphatic hydroxyl groups excluding tert-OH is 1. The highest BCUT2D eigenvalue weighted by Gasteiger charge is 2.10. The van der Waals surface area contributed by atoms with Crippen molar-refractivity contribution in [2.24, 2.45) is 0 Å². The van der Waals surface area contributed by atoms with Crippen molar-refractivity contribution >= 4 is 5.91 Å². The maximum Gasteiger partial charge on any atom is 0.237 e. The van der Waals surface area contributed by atoms with Crippen LogP contribution < -0.4 is 10.6 Å². The molecule has 3 N–H and O–H groups in total. The van der Waals surface area contributed by atoms with E-state index in [4.69, 9.17) is 11.5 Å². The zero-order valence-corrected chi connectivity index (χ0v) is 10.4. The van der Waals surface area contributed by atoms with Gasteiger partial charge in [0.1, 0.15) is 0 Å². The molecule has 1 aromatic carbocycles. The number of hydrogen-bond donors (Lipinski definition) is 3. The normalized spacial score (nSPS) is 11.6. The van der Waals surface area contributed by atoms with E-state index in [-0.39, 0.29) is 25.1 Å². The Morgan fingerprint density at radius 2 is 2.00 bits per heavy atom. The molecular weight excluding hydrogens is 228 g/mol. The summed E-state index contributed by atoms with van der Waals surface area (Å²) in [6.07, 6.45) is 5.06. The van der Waals surface area contributed by atoms with E-state index >= 15 is 0 Å². The largest absolute Gasteiger partial charge is 0.392 e. The molecule has 0 aliphatic heterocycles. The molecule has 0 spiro atoms. The Morgan fingerprint density at radius 3 is 2.56 bits per heavy atom. The van der Waals surface area contributed by atoms with Crippen LogP contribution in [0.4, 0.5) is 0 Å². The first-order valence-electron chi connectivity index (χ1n) is 5.80. The van der Waals surface area contributed by atoms with Crippen molar-refractivity contribution in [1.82, 2.24) is 10.6 Å². The van der Waals surface area contributed by atoms with Crippen LogP contribution in [0.25, 0.3) is 0 Å². The molecule has 18 heavy (non-hydrogen) atoms. The Morgan fingerprint density at radius 1 is 1.39 bits per heavy atom. The molecule has 1 rings (SSSR count). The molecule has 0 fully saturated rings. The Bertz CT molecular complexity index is 420. The third-order valence-electron chi connectivity index (χ3n) is 2.58. The van der Waals surface area contributed by atoms with Crippen LogP contribution in [0.15, 0.2) is 24.3 Å². The summed E-state index contributed by atoms with van der Waals surface area (Å²) < 4.78 is 0. The van der Waals surface area contributed by atoms with Gasteiger partial charge in [-0.2, -0.15) is 0 Å². The van der Waals surface area contributed by atoms with Crippen LogP contribution in [0.3, 0.4) is 0 Å². The lowest BCUT2D eigenvalue weighted by molar-refractivity contribution is -0.122. The van der Waals surface area contributed by atoms with Crippen LogP contribution in [-0.4, -0.2) is 23.6 Å². The van der Waals surface area contributed by atoms with Crippen molar-refractivity contribution in [1.29, 1.82) is 0 Å². The zero-order valence-electron chi connectivity index (χ0n) is 10.4. The van der Waals surface area contributed by atoms with Crippen LogP contribution in [0.5, 0.6) is 0 Å². The summed E-state index contributed by atoms with van der Waals surface area (Å²) in [5, 5.41) is 14.6. The fraction of sp³-hybridized carbons (Fsp3) is 0.357. The van der Waals surface area contributed by atoms with E-state index in [0.717, 1.165) is 11.1 Å². The fourth-order valence-corrected chi connectivity index (χ4v) is 1.42. The van der Waals surface area contributed by atoms with Crippen LogP contribution in [0, 0.1) is 12.3 Å². The van der Waals surface area contributed by atoms with E-state index in [2.05, 4.69) is 16.6 Å². The zero-order chi connectivity index (χ0) is 13.4. The molecule has 1 unspecified atom stereocenters. The molecule has 1 aromatic rings. The summed E-state index contributed by atoms with van der Waals surface area (Å²) in [5.41, 5.74) is 1.93. The molecule has 4 nitrogen and oxygen atoms in total. The molecule has 0 saturated heterocycles. The first-order chi connectivity index (χ1) is 8.67. The molecule has 0 radical (unpaired) electrons. The number of hydrogen-bond acceptors (Lipinski definition) is 3. The minimum Gasteiger partial charge on any atom is -0.392 e. The number of rotatable bonds is 6. The maximum atomic E-state index is 11.5. The van der Waals surface area contributed by atoms with E-state index in [1.807, 2.05) is 24.3 Å². The summed E-state index contributed by atoms with van der Waals surface area (Å²) in [6, 6.07) is 7.27. The number of terminal acetylenes is 1. The summed E-state index contributed by atoms with van der Waals surface area (Å²) in [4.78, 5) is 11.5. The third-order valence-corrected chi connectivity index (χ3v) is 2.58. The highest BCUT2D eigenvalue weighted by molar-refractivity contribution is 5.81. The second-order valence-corrected chi connectivity index (χ2v) is 4.00. The molecule has 0 heterocycles. The fourth-order valence-electron chi connectivity index (χ4n) is 1.42. The molecule has 0 saturated carbocycles. The Labute approximate surface area is 107 Å². The van der Waals surface area contributed by atoms with E-state index in [0.29, 0.717) is 6.54 Å². The van der Waals surface area contributed by atoms with Crippen molar-refractivity contribution in [3.8, 4) is 12.3 Å². The van der Waals surface area contributed by atoms with Gasteiger partial charge in [0.2, 0.25) is 5.91 Å². The first-order valence-corrected chi connectivity index (χ1v) is 5.80. The smallest absolute Gasteiger partial charge is 0.237 e. The van der Waals surface area contributed by atoms with Gasteiger partial charge in [-0.3, -0.25) is 4.79 Å². The number of benzene rings is 1. The van der Waals surface area contributed by atoms with Gasteiger partial charge in [-0.1, -0.05) is 30.2 Å². The monoisotopic (exact) mass is 246 g/mol. The van der Waals surface area contributed by atoms with E-state index in [1.54, 1.807) is 6.92 Å². The second kappa shape index (κ2) is 7.49. The van der Waals surface area contributed by atoms with Crippen LogP contribution in [0.2, 0.25) is 0 Å². The van der Waals surface area contributed by atoms with Crippen LogP contribution >= 0.6 is 0 Å². The predicted octanol–water partition coefficient (Wildman–Crippen LogP) is 0.406. The van der Waals surface area contributed by atoms with Gasteiger partial charge in [-0.15, -0.1) is 6.42 Å². The van der Waals surface area contributed by atoms with E-state index in [9.17, 15) is 4.79 Å². The summed E-state index contributed by atoms with van der Waals surface area (Å²) >= 11 is 0. The standard InChI is InChI=1S/C14H18N2O2/c1-3-8-15-14(18)11(2)16-9-12-4-6-13(10-17)7-5-12/h1,4-7,11,16-17H,8-10H2,2H3,(H,15,18). The lowest BCUT2D eigenvalue weighted by Gasteiger charge is -2.13. The van der Waals surface area contributed by atoms with E-state index in [1.165, 1.54) is 0 Å². The van der Waals surface area contributed by atoms with Gasteiger partial charge < -0.3 is 15.7 Å². The molecule has 0 aromatic heterocycles. The minimum atomic E-state index is -0.295. The average Bonchev–Trinajstić information content (AvgIpc) is 2.42.